The molecule has 14 nitrogen and oxygen atoms in total. The monoisotopic (exact) mass is 809 g/mol. The molecule has 2 aliphatic rings. The van der Waals surface area contributed by atoms with E-state index in [1.54, 1.807) is 31.4 Å². The Kier molecular flexibility index (Phi) is 13.5. The van der Waals surface area contributed by atoms with Crippen LogP contribution in [0.15, 0.2) is 82.3 Å². The fraction of sp³-hybridized carbons (Fsp3) is 0.459. The standard InChI is InChI=1S/C37H48N2O12S3/c1-5-38-31-18-16-27(53(45,46)47)25-29(31)37(3,21-23-51-4)33(38)13-8-6-9-14-34-36(2,20-12-24-52(42,43)44)30-26-28(54(48,49)50)17-19-32(30)39(34)22-11-7-10-15-35(40)41/h6,8-9,13-14,16-19,25-26H,5,7,10-12,15,20-24H2,1-4H3,(H3-,40,41,42,43,44,45,46,47,48,49,50)/p+1. The van der Waals surface area contributed by atoms with Gasteiger partial charge in [-0.25, -0.2) is 0 Å². The molecule has 0 saturated heterocycles. The lowest BCUT2D eigenvalue weighted by molar-refractivity contribution is -0.438. The summed E-state index contributed by atoms with van der Waals surface area (Å²) in [6.07, 6.45) is 11.6. The molecule has 2 unspecified atom stereocenters. The highest BCUT2D eigenvalue weighted by atomic mass is 32.2. The van der Waals surface area contributed by atoms with Gasteiger partial charge >= 0.3 is 5.97 Å². The van der Waals surface area contributed by atoms with Crippen molar-refractivity contribution in [2.24, 2.45) is 0 Å². The molecule has 0 spiro atoms. The van der Waals surface area contributed by atoms with Crippen molar-refractivity contribution in [3.63, 3.8) is 0 Å². The number of anilines is 1. The second kappa shape index (κ2) is 17.0. The number of carbonyl (C=O) groups is 1. The molecule has 2 aromatic rings. The number of rotatable bonds is 19. The summed E-state index contributed by atoms with van der Waals surface area (Å²) in [5, 5.41) is 9.08. The van der Waals surface area contributed by atoms with Crippen molar-refractivity contribution in [2.75, 3.05) is 37.5 Å². The van der Waals surface area contributed by atoms with Crippen LogP contribution in [0, 0.1) is 0 Å². The van der Waals surface area contributed by atoms with Gasteiger partial charge in [0.1, 0.15) is 6.54 Å². The van der Waals surface area contributed by atoms with E-state index in [0.29, 0.717) is 62.3 Å². The van der Waals surface area contributed by atoms with Crippen LogP contribution in [0.1, 0.15) is 76.8 Å². The number of fused-ring (bicyclic) bond motifs is 2. The Morgan fingerprint density at radius 3 is 2.07 bits per heavy atom. The number of carboxylic acids is 1. The number of hydrogen-bond acceptors (Lipinski definition) is 9. The summed E-state index contributed by atoms with van der Waals surface area (Å²) < 4.78 is 108. The molecule has 2 heterocycles. The molecule has 0 bridgehead atoms. The molecule has 2 aromatic carbocycles. The van der Waals surface area contributed by atoms with E-state index >= 15 is 0 Å². The van der Waals surface area contributed by atoms with E-state index in [9.17, 15) is 43.7 Å². The Hall–Kier alpha value is -3.71. The molecule has 0 fully saturated rings. The molecule has 296 valence electrons. The van der Waals surface area contributed by atoms with Gasteiger partial charge in [0.05, 0.1) is 21.0 Å². The van der Waals surface area contributed by atoms with Crippen LogP contribution in [-0.4, -0.2) is 92.8 Å². The molecule has 0 aromatic heterocycles. The third kappa shape index (κ3) is 9.74. The molecule has 2 aliphatic heterocycles. The fourth-order valence-electron chi connectivity index (χ4n) is 7.49. The summed E-state index contributed by atoms with van der Waals surface area (Å²) >= 11 is 0. The van der Waals surface area contributed by atoms with E-state index in [-0.39, 0.29) is 29.1 Å². The SMILES string of the molecule is CCN1/C(=C/C=C/C=C/C2=[N+](CCCCCC(=O)O)c3ccc(S(=O)(=O)O)cc3C2(C)CCCS(=O)(=O)O)C(C)(CCOC)c2cc(S(=O)(=O)O)ccc21. The summed E-state index contributed by atoms with van der Waals surface area (Å²) in [7, 11) is -11.7. The minimum absolute atomic E-state index is 0.0190. The van der Waals surface area contributed by atoms with E-state index < -0.39 is 52.9 Å². The van der Waals surface area contributed by atoms with Gasteiger partial charge in [0.2, 0.25) is 5.69 Å². The van der Waals surface area contributed by atoms with Crippen molar-refractivity contribution in [3.8, 4) is 0 Å². The molecule has 17 heteroatoms. The minimum atomic E-state index is -4.58. The second-order valence-corrected chi connectivity index (χ2v) is 18.3. The molecule has 0 aliphatic carbocycles. The van der Waals surface area contributed by atoms with Gasteiger partial charge in [-0.15, -0.1) is 0 Å². The van der Waals surface area contributed by atoms with E-state index in [1.807, 2.05) is 43.6 Å². The van der Waals surface area contributed by atoms with E-state index in [1.165, 1.54) is 24.3 Å². The number of aliphatic carboxylic acids is 1. The molecule has 54 heavy (non-hydrogen) atoms. The summed E-state index contributed by atoms with van der Waals surface area (Å²) in [6.45, 7) is 7.19. The normalized spacial score (nSPS) is 21.2. The van der Waals surface area contributed by atoms with Crippen molar-refractivity contribution >= 4 is 53.4 Å². The predicted octanol–water partition coefficient (Wildman–Crippen LogP) is 5.68. The first-order chi connectivity index (χ1) is 25.2. The van der Waals surface area contributed by atoms with Gasteiger partial charge in [-0.05, 0) is 94.8 Å². The summed E-state index contributed by atoms with van der Waals surface area (Å²) in [5.74, 6) is -1.41. The Bertz CT molecular complexity index is 2210. The number of hydrogen-bond donors (Lipinski definition) is 4. The molecule has 2 atom stereocenters. The maximum atomic E-state index is 12.2. The molecule has 4 N–H and O–H groups in total. The average Bonchev–Trinajstić information content (AvgIpc) is 3.45. The van der Waals surface area contributed by atoms with Crippen LogP contribution in [0.25, 0.3) is 0 Å². The largest absolute Gasteiger partial charge is 0.481 e. The second-order valence-electron chi connectivity index (χ2n) is 13.9. The number of methoxy groups -OCH3 is 1. The quantitative estimate of drug-likeness (QED) is 0.0582. The van der Waals surface area contributed by atoms with Crippen LogP contribution in [0.3, 0.4) is 0 Å². The summed E-state index contributed by atoms with van der Waals surface area (Å²) in [5.41, 5.74) is 2.70. The van der Waals surface area contributed by atoms with Gasteiger partial charge in [0.25, 0.3) is 30.4 Å². The van der Waals surface area contributed by atoms with Crippen LogP contribution >= 0.6 is 0 Å². The van der Waals surface area contributed by atoms with Crippen molar-refractivity contribution in [1.29, 1.82) is 0 Å². The van der Waals surface area contributed by atoms with Crippen LogP contribution in [0.2, 0.25) is 0 Å². The zero-order valence-corrected chi connectivity index (χ0v) is 33.3. The fourth-order valence-corrected chi connectivity index (χ4v) is 9.01. The third-order valence-electron chi connectivity index (χ3n) is 10.2. The van der Waals surface area contributed by atoms with E-state index in [2.05, 4.69) is 4.90 Å². The lowest BCUT2D eigenvalue weighted by Crippen LogP contribution is -2.32. The first kappa shape index (κ1) is 43.0. The molecule has 0 saturated carbocycles. The van der Waals surface area contributed by atoms with E-state index in [4.69, 9.17) is 9.84 Å². The number of unbranched alkanes of at least 4 members (excludes halogenated alkanes) is 2. The number of benzene rings is 2. The van der Waals surface area contributed by atoms with Crippen molar-refractivity contribution in [3.05, 3.63) is 83.6 Å². The van der Waals surface area contributed by atoms with Crippen LogP contribution < -0.4 is 4.90 Å². The van der Waals surface area contributed by atoms with Gasteiger partial charge in [0.15, 0.2) is 5.71 Å². The highest BCUT2D eigenvalue weighted by molar-refractivity contribution is 7.86. The number of ether oxygens (including phenoxy) is 1. The highest BCUT2D eigenvalue weighted by Gasteiger charge is 2.48. The zero-order valence-electron chi connectivity index (χ0n) is 30.8. The minimum Gasteiger partial charge on any atom is -0.481 e. The average molecular weight is 810 g/mol. The zero-order chi connectivity index (χ0) is 40.1. The highest BCUT2D eigenvalue weighted by Crippen LogP contribution is 2.50. The lowest BCUT2D eigenvalue weighted by Gasteiger charge is -2.29. The van der Waals surface area contributed by atoms with Crippen molar-refractivity contribution in [1.82, 2.24) is 0 Å². The summed E-state index contributed by atoms with van der Waals surface area (Å²) in [4.78, 5) is 12.6. The van der Waals surface area contributed by atoms with E-state index in [0.717, 1.165) is 16.9 Å². The molecule has 4 rings (SSSR count). The van der Waals surface area contributed by atoms with Gasteiger partial charge in [-0.1, -0.05) is 18.2 Å². The van der Waals surface area contributed by atoms with Gasteiger partial charge < -0.3 is 14.7 Å². The Balaban J connectivity index is 1.78. The maximum Gasteiger partial charge on any atom is 0.303 e. The topological polar surface area (TPSA) is 216 Å². The smallest absolute Gasteiger partial charge is 0.303 e. The third-order valence-corrected chi connectivity index (χ3v) is 12.7. The lowest BCUT2D eigenvalue weighted by atomic mass is 9.76. The maximum absolute atomic E-state index is 12.2. The molecule has 0 amide bonds. The number of carboxylic acid groups (broad SMARTS) is 1. The molecular formula is C37H49N2O12S3+. The Morgan fingerprint density at radius 2 is 1.48 bits per heavy atom. The number of allylic oxidation sites excluding steroid dienone is 6. The van der Waals surface area contributed by atoms with Gasteiger partial charge in [-0.3, -0.25) is 18.5 Å². The van der Waals surface area contributed by atoms with Crippen LogP contribution in [0.5, 0.6) is 0 Å². The van der Waals surface area contributed by atoms with Crippen molar-refractivity contribution < 1.29 is 58.1 Å². The molecular weight excluding hydrogens is 761 g/mol. The van der Waals surface area contributed by atoms with Gasteiger partial charge in [-0.2, -0.15) is 29.8 Å². The van der Waals surface area contributed by atoms with Gasteiger partial charge in [0, 0.05) is 67.6 Å². The predicted molar refractivity (Wildman–Crippen MR) is 205 cm³/mol. The Morgan fingerprint density at radius 1 is 0.833 bits per heavy atom. The molecule has 0 radical (unpaired) electrons. The Labute approximate surface area is 317 Å². The first-order valence-electron chi connectivity index (χ1n) is 17.6. The number of nitrogens with zero attached hydrogens (tertiary/aromatic N) is 2. The van der Waals surface area contributed by atoms with Crippen LogP contribution in [-0.2, 0) is 50.7 Å². The van der Waals surface area contributed by atoms with Crippen molar-refractivity contribution in [2.45, 2.75) is 86.3 Å². The number of likely N-dealkylation sites (N-methyl/N-ethyl adjacent to an activating group) is 1. The first-order valence-corrected chi connectivity index (χ1v) is 22.0. The summed E-state index contributed by atoms with van der Waals surface area (Å²) in [6, 6.07) is 8.80. The van der Waals surface area contributed by atoms with Crippen LogP contribution in [0.4, 0.5) is 11.4 Å².